The van der Waals surface area contributed by atoms with Crippen LogP contribution in [0.25, 0.3) is 0 Å². The van der Waals surface area contributed by atoms with Crippen molar-refractivity contribution < 1.29 is 22.5 Å². The molecule has 0 fully saturated rings. The van der Waals surface area contributed by atoms with Crippen molar-refractivity contribution in [3.8, 4) is 0 Å². The first-order valence-corrected chi connectivity index (χ1v) is 8.56. The number of amides is 1. The summed E-state index contributed by atoms with van der Waals surface area (Å²) in [4.78, 5) is 11.6. The Bertz CT molecular complexity index is 445. The fraction of sp³-hybridized carbons (Fsp3) is 0.929. The second kappa shape index (κ2) is 6.96. The van der Waals surface area contributed by atoms with Crippen LogP contribution >= 0.6 is 0 Å². The molecule has 0 aliphatic heterocycles. The quantitative estimate of drug-likeness (QED) is 0.759. The Hall–Kier alpha value is -0.820. The molecule has 0 radical (unpaired) electrons. The highest BCUT2D eigenvalue weighted by atomic mass is 32.2. The highest BCUT2D eigenvalue weighted by molar-refractivity contribution is 7.86. The van der Waals surface area contributed by atoms with Gasteiger partial charge in [-0.1, -0.05) is 20.8 Å². The van der Waals surface area contributed by atoms with Gasteiger partial charge in [0.15, 0.2) is 0 Å². The zero-order valence-electron chi connectivity index (χ0n) is 14.1. The molecular weight excluding hydrogens is 294 g/mol. The largest absolute Gasteiger partial charge is 0.444 e. The van der Waals surface area contributed by atoms with E-state index in [1.807, 2.05) is 20.8 Å². The van der Waals surface area contributed by atoms with Crippen LogP contribution in [0.15, 0.2) is 0 Å². The van der Waals surface area contributed by atoms with Crippen LogP contribution in [0, 0.1) is 5.41 Å². The summed E-state index contributed by atoms with van der Waals surface area (Å²) in [6, 6.07) is -0.422. The van der Waals surface area contributed by atoms with Crippen LogP contribution < -0.4 is 5.32 Å². The standard InChI is InChI=1S/C14H29NO5S/c1-10(15-12(16)20-14(5,6)7)8-11(21(17,18)19)9-13(2,3)4/h10-11H,8-9H2,1-7H3,(H,15,16)(H,17,18,19). The third-order valence-electron chi connectivity index (χ3n) is 2.64. The molecule has 0 saturated heterocycles. The van der Waals surface area contributed by atoms with Gasteiger partial charge in [0.05, 0.1) is 5.25 Å². The molecule has 2 atom stereocenters. The Morgan fingerprint density at radius 3 is 2.00 bits per heavy atom. The predicted octanol–water partition coefficient (Wildman–Crippen LogP) is 2.98. The molecule has 0 rings (SSSR count). The van der Waals surface area contributed by atoms with Gasteiger partial charge in [-0.15, -0.1) is 0 Å². The molecule has 0 aliphatic rings. The van der Waals surface area contributed by atoms with E-state index >= 15 is 0 Å². The third kappa shape index (κ3) is 10.5. The number of ether oxygens (including phenoxy) is 1. The molecular formula is C14H29NO5S. The maximum atomic E-state index is 11.6. The maximum absolute atomic E-state index is 11.6. The van der Waals surface area contributed by atoms with Gasteiger partial charge in [0.1, 0.15) is 5.60 Å². The summed E-state index contributed by atoms with van der Waals surface area (Å²) >= 11 is 0. The van der Waals surface area contributed by atoms with Crippen LogP contribution in [0.5, 0.6) is 0 Å². The fourth-order valence-electron chi connectivity index (χ4n) is 1.96. The molecule has 0 aromatic carbocycles. The molecule has 1 amide bonds. The number of carbonyl (C=O) groups is 1. The summed E-state index contributed by atoms with van der Waals surface area (Å²) in [5.74, 6) is 0. The molecule has 0 saturated carbocycles. The van der Waals surface area contributed by atoms with Crippen molar-refractivity contribution >= 4 is 16.2 Å². The molecule has 2 unspecified atom stereocenters. The second-order valence-corrected chi connectivity index (χ2v) is 9.38. The van der Waals surface area contributed by atoms with Crippen LogP contribution in [0.2, 0.25) is 0 Å². The molecule has 0 bridgehead atoms. The van der Waals surface area contributed by atoms with Crippen LogP contribution in [0.4, 0.5) is 4.79 Å². The van der Waals surface area contributed by atoms with Gasteiger partial charge in [-0.3, -0.25) is 4.55 Å². The zero-order valence-corrected chi connectivity index (χ0v) is 14.9. The van der Waals surface area contributed by atoms with Crippen molar-refractivity contribution in [3.05, 3.63) is 0 Å². The Balaban J connectivity index is 4.69. The van der Waals surface area contributed by atoms with E-state index in [-0.39, 0.29) is 11.8 Å². The van der Waals surface area contributed by atoms with E-state index in [0.29, 0.717) is 6.42 Å². The van der Waals surface area contributed by atoms with Crippen molar-refractivity contribution in [2.75, 3.05) is 0 Å². The first kappa shape index (κ1) is 20.2. The first-order valence-electron chi connectivity index (χ1n) is 7.06. The highest BCUT2D eigenvalue weighted by Crippen LogP contribution is 2.26. The van der Waals surface area contributed by atoms with Crippen LogP contribution in [0.3, 0.4) is 0 Å². The van der Waals surface area contributed by atoms with Crippen LogP contribution in [0.1, 0.15) is 61.3 Å². The summed E-state index contributed by atoms with van der Waals surface area (Å²) in [7, 11) is -4.16. The number of rotatable bonds is 5. The monoisotopic (exact) mass is 323 g/mol. The average Bonchev–Trinajstić information content (AvgIpc) is 2.08. The molecule has 0 aromatic heterocycles. The maximum Gasteiger partial charge on any atom is 0.407 e. The van der Waals surface area contributed by atoms with Gasteiger partial charge >= 0.3 is 6.09 Å². The SMILES string of the molecule is CC(CC(CC(C)(C)C)S(=O)(=O)O)NC(=O)OC(C)(C)C. The van der Waals surface area contributed by atoms with E-state index in [1.54, 1.807) is 27.7 Å². The van der Waals surface area contributed by atoms with Gasteiger partial charge in [0, 0.05) is 6.04 Å². The van der Waals surface area contributed by atoms with E-state index in [0.717, 1.165) is 0 Å². The topological polar surface area (TPSA) is 92.7 Å². The minimum atomic E-state index is -4.16. The third-order valence-corrected chi connectivity index (χ3v) is 3.84. The highest BCUT2D eigenvalue weighted by Gasteiger charge is 2.30. The van der Waals surface area contributed by atoms with E-state index in [2.05, 4.69) is 5.32 Å². The Kier molecular flexibility index (Phi) is 6.69. The van der Waals surface area contributed by atoms with Gasteiger partial charge < -0.3 is 10.1 Å². The minimum Gasteiger partial charge on any atom is -0.444 e. The molecule has 7 heteroatoms. The van der Waals surface area contributed by atoms with Gasteiger partial charge in [-0.25, -0.2) is 4.79 Å². The molecule has 2 N–H and O–H groups in total. The van der Waals surface area contributed by atoms with E-state index < -0.39 is 33.1 Å². The number of alkyl carbamates (subject to hydrolysis) is 1. The summed E-state index contributed by atoms with van der Waals surface area (Å²) in [6.07, 6.45) is -0.151. The van der Waals surface area contributed by atoms with E-state index in [4.69, 9.17) is 4.74 Å². The summed E-state index contributed by atoms with van der Waals surface area (Å²) in [5.41, 5.74) is -0.857. The number of carbonyl (C=O) groups excluding carboxylic acids is 1. The lowest BCUT2D eigenvalue weighted by Gasteiger charge is -2.27. The first-order chi connectivity index (χ1) is 9.10. The van der Waals surface area contributed by atoms with Crippen molar-refractivity contribution in [1.82, 2.24) is 5.32 Å². The lowest BCUT2D eigenvalue weighted by molar-refractivity contribution is 0.0505. The average molecular weight is 323 g/mol. The lowest BCUT2D eigenvalue weighted by atomic mass is 9.89. The zero-order chi connectivity index (χ0) is 17.1. The summed E-state index contributed by atoms with van der Waals surface area (Å²) in [6.45, 7) is 12.6. The molecule has 6 nitrogen and oxygen atoms in total. The van der Waals surface area contributed by atoms with Crippen LogP contribution in [-0.4, -0.2) is 36.0 Å². The summed E-state index contributed by atoms with van der Waals surface area (Å²) < 4.78 is 37.4. The molecule has 0 aliphatic carbocycles. The van der Waals surface area contributed by atoms with Gasteiger partial charge in [-0.2, -0.15) is 8.42 Å². The van der Waals surface area contributed by atoms with Crippen molar-refractivity contribution in [2.45, 2.75) is 78.2 Å². The second-order valence-electron chi connectivity index (χ2n) is 7.68. The number of nitrogens with one attached hydrogen (secondary N) is 1. The van der Waals surface area contributed by atoms with Crippen LogP contribution in [-0.2, 0) is 14.9 Å². The Morgan fingerprint density at radius 2 is 1.67 bits per heavy atom. The Morgan fingerprint density at radius 1 is 1.19 bits per heavy atom. The van der Waals surface area contributed by atoms with Gasteiger partial charge in [-0.05, 0) is 46.0 Å². The minimum absolute atomic E-state index is 0.134. The smallest absolute Gasteiger partial charge is 0.407 e. The fourth-order valence-corrected chi connectivity index (χ4v) is 3.20. The van der Waals surface area contributed by atoms with Crippen molar-refractivity contribution in [1.29, 1.82) is 0 Å². The molecule has 0 heterocycles. The molecule has 0 spiro atoms. The normalized spacial score (nSPS) is 16.2. The van der Waals surface area contributed by atoms with Gasteiger partial charge in [0.25, 0.3) is 10.1 Å². The van der Waals surface area contributed by atoms with E-state index in [9.17, 15) is 17.8 Å². The molecule has 126 valence electrons. The number of hydrogen-bond donors (Lipinski definition) is 2. The Labute approximate surface area is 128 Å². The lowest BCUT2D eigenvalue weighted by Crippen LogP contribution is -2.41. The number of hydrogen-bond acceptors (Lipinski definition) is 4. The molecule has 0 aromatic rings. The van der Waals surface area contributed by atoms with E-state index in [1.165, 1.54) is 0 Å². The summed E-state index contributed by atoms with van der Waals surface area (Å²) in [5, 5.41) is 1.67. The predicted molar refractivity (Wildman–Crippen MR) is 82.9 cm³/mol. The van der Waals surface area contributed by atoms with Crippen molar-refractivity contribution in [2.24, 2.45) is 5.41 Å². The van der Waals surface area contributed by atoms with Gasteiger partial charge in [0.2, 0.25) is 0 Å². The van der Waals surface area contributed by atoms with Crippen molar-refractivity contribution in [3.63, 3.8) is 0 Å². The molecule has 21 heavy (non-hydrogen) atoms.